The van der Waals surface area contributed by atoms with Crippen molar-refractivity contribution in [1.82, 2.24) is 19.8 Å². The molecule has 1 aliphatic heterocycles. The van der Waals surface area contributed by atoms with E-state index in [4.69, 9.17) is 0 Å². The van der Waals surface area contributed by atoms with Gasteiger partial charge in [0, 0.05) is 80.3 Å². The van der Waals surface area contributed by atoms with Gasteiger partial charge in [0.2, 0.25) is 0 Å². The third kappa shape index (κ3) is 5.93. The number of fused-ring (bicyclic) bond motifs is 1. The second kappa shape index (κ2) is 11.2. The minimum atomic E-state index is -4.55. The number of nitrogens with one attached hydrogen (secondary N) is 2. The van der Waals surface area contributed by atoms with Crippen LogP contribution in [0.1, 0.15) is 27.2 Å². The van der Waals surface area contributed by atoms with Crippen LogP contribution < -0.4 is 16.2 Å². The van der Waals surface area contributed by atoms with Crippen LogP contribution in [0.4, 0.5) is 18.9 Å². The van der Waals surface area contributed by atoms with Crippen molar-refractivity contribution in [2.24, 2.45) is 7.05 Å². The highest BCUT2D eigenvalue weighted by Gasteiger charge is 2.31. The van der Waals surface area contributed by atoms with Crippen LogP contribution in [-0.2, 0) is 19.6 Å². The van der Waals surface area contributed by atoms with E-state index in [-0.39, 0.29) is 11.1 Å². The summed E-state index contributed by atoms with van der Waals surface area (Å²) in [5, 5.41) is 6.81. The largest absolute Gasteiger partial charge is 0.416 e. The first-order valence-electron chi connectivity index (χ1n) is 13.1. The van der Waals surface area contributed by atoms with Crippen LogP contribution in [0.2, 0.25) is 0 Å². The molecule has 10 heteroatoms. The molecule has 1 amide bonds. The van der Waals surface area contributed by atoms with Crippen molar-refractivity contribution in [3.05, 3.63) is 93.5 Å². The molecule has 0 spiro atoms. The van der Waals surface area contributed by atoms with Gasteiger partial charge in [0.1, 0.15) is 0 Å². The molecule has 0 radical (unpaired) electrons. The van der Waals surface area contributed by atoms with E-state index in [2.05, 4.69) is 20.5 Å². The molecule has 7 nitrogen and oxygen atoms in total. The summed E-state index contributed by atoms with van der Waals surface area (Å²) in [6, 6.07) is 13.1. The number of hydrogen-bond donors (Lipinski definition) is 2. The van der Waals surface area contributed by atoms with Crippen LogP contribution in [-0.4, -0.2) is 53.1 Å². The molecular formula is C30H30F3N5O2. The fraction of sp³-hybridized carbons (Fsp3) is 0.300. The second-order valence-electron chi connectivity index (χ2n) is 10.1. The molecule has 1 saturated heterocycles. The van der Waals surface area contributed by atoms with Gasteiger partial charge >= 0.3 is 6.18 Å². The molecular weight excluding hydrogens is 519 g/mol. The lowest BCUT2D eigenvalue weighted by atomic mass is 9.99. The number of anilines is 1. The average Bonchev–Trinajstić information content (AvgIpc) is 2.95. The number of nitrogens with zero attached hydrogens (tertiary/aromatic N) is 3. The number of carbonyl (C=O) groups excluding carboxylic acids is 1. The number of hydrogen-bond acceptors (Lipinski definition) is 5. The Morgan fingerprint density at radius 2 is 1.82 bits per heavy atom. The van der Waals surface area contributed by atoms with Gasteiger partial charge in [-0.05, 0) is 60.5 Å². The highest BCUT2D eigenvalue weighted by molar-refractivity contribution is 6.04. The smallest absolute Gasteiger partial charge is 0.322 e. The van der Waals surface area contributed by atoms with Gasteiger partial charge in [-0.3, -0.25) is 14.6 Å². The predicted molar refractivity (Wildman–Crippen MR) is 150 cm³/mol. The van der Waals surface area contributed by atoms with Crippen LogP contribution in [0.3, 0.4) is 0 Å². The van der Waals surface area contributed by atoms with E-state index < -0.39 is 17.6 Å². The van der Waals surface area contributed by atoms with Crippen LogP contribution in [0, 0.1) is 6.92 Å². The number of aromatic nitrogens is 2. The summed E-state index contributed by atoms with van der Waals surface area (Å²) in [5.41, 5.74) is 2.74. The molecule has 3 heterocycles. The monoisotopic (exact) mass is 549 g/mol. The topological polar surface area (TPSA) is 79.3 Å². The van der Waals surface area contributed by atoms with Crippen molar-refractivity contribution in [3.8, 4) is 11.1 Å². The minimum Gasteiger partial charge on any atom is -0.322 e. The third-order valence-corrected chi connectivity index (χ3v) is 7.30. The first kappa shape index (κ1) is 27.5. The molecule has 4 aromatic rings. The van der Waals surface area contributed by atoms with Gasteiger partial charge in [0.05, 0.1) is 11.1 Å². The molecule has 0 atom stereocenters. The van der Waals surface area contributed by atoms with E-state index in [1.54, 1.807) is 42.1 Å². The molecule has 2 N–H and O–H groups in total. The van der Waals surface area contributed by atoms with E-state index in [0.29, 0.717) is 16.8 Å². The maximum Gasteiger partial charge on any atom is 0.416 e. The Morgan fingerprint density at radius 3 is 2.58 bits per heavy atom. The van der Waals surface area contributed by atoms with Crippen LogP contribution in [0.25, 0.3) is 22.0 Å². The Kier molecular flexibility index (Phi) is 7.73. The van der Waals surface area contributed by atoms with E-state index in [1.807, 2.05) is 13.0 Å². The summed E-state index contributed by atoms with van der Waals surface area (Å²) in [5.74, 6) is -0.676. The molecule has 40 heavy (non-hydrogen) atoms. The van der Waals surface area contributed by atoms with Gasteiger partial charge in [-0.25, -0.2) is 0 Å². The fourth-order valence-corrected chi connectivity index (χ4v) is 4.97. The lowest BCUT2D eigenvalue weighted by molar-refractivity contribution is -0.137. The Morgan fingerprint density at radius 1 is 1.05 bits per heavy atom. The molecule has 1 aliphatic rings. The Labute approximate surface area is 229 Å². The van der Waals surface area contributed by atoms with Crippen molar-refractivity contribution >= 4 is 22.5 Å². The second-order valence-corrected chi connectivity index (χ2v) is 10.1. The molecule has 0 saturated carbocycles. The molecule has 5 rings (SSSR count). The summed E-state index contributed by atoms with van der Waals surface area (Å²) >= 11 is 0. The lowest BCUT2D eigenvalue weighted by Crippen LogP contribution is -2.44. The summed E-state index contributed by atoms with van der Waals surface area (Å²) in [4.78, 5) is 33.3. The zero-order valence-electron chi connectivity index (χ0n) is 22.3. The molecule has 208 valence electrons. The van der Waals surface area contributed by atoms with Crippen molar-refractivity contribution in [2.45, 2.75) is 19.5 Å². The normalized spacial score (nSPS) is 14.4. The van der Waals surface area contributed by atoms with Gasteiger partial charge in [-0.15, -0.1) is 0 Å². The highest BCUT2D eigenvalue weighted by Crippen LogP contribution is 2.30. The van der Waals surface area contributed by atoms with Crippen LogP contribution >= 0.6 is 0 Å². The van der Waals surface area contributed by atoms with Gasteiger partial charge < -0.3 is 20.1 Å². The van der Waals surface area contributed by atoms with Crippen molar-refractivity contribution in [1.29, 1.82) is 0 Å². The maximum atomic E-state index is 13.5. The van der Waals surface area contributed by atoms with E-state index in [1.165, 1.54) is 12.1 Å². The van der Waals surface area contributed by atoms with Gasteiger partial charge in [0.25, 0.3) is 11.5 Å². The molecule has 2 aromatic carbocycles. The first-order valence-corrected chi connectivity index (χ1v) is 13.1. The average molecular weight is 550 g/mol. The fourth-order valence-electron chi connectivity index (χ4n) is 4.97. The summed E-state index contributed by atoms with van der Waals surface area (Å²) in [7, 11) is 1.73. The Hall–Kier alpha value is -4.02. The number of halogens is 3. The third-order valence-electron chi connectivity index (χ3n) is 7.30. The van der Waals surface area contributed by atoms with Crippen molar-refractivity contribution in [3.63, 3.8) is 0 Å². The highest BCUT2D eigenvalue weighted by atomic mass is 19.4. The number of aryl methyl sites for hydroxylation is 2. The zero-order valence-corrected chi connectivity index (χ0v) is 22.3. The van der Waals surface area contributed by atoms with Crippen molar-refractivity contribution in [2.75, 3.05) is 38.0 Å². The standard InChI is InChI=1S/C30H30F3N5O2/c1-19-6-7-24(36-28(39)20-4-3-5-22(14-20)30(31,32)33)16-25(19)26-15-21-18-35-23(17-27(21)37(2)29(26)40)8-11-38-12-9-34-10-13-38/h3-7,14-18,34H,8-13H2,1-2H3,(H,36,39). The zero-order chi connectivity index (χ0) is 28.4. The Bertz CT molecular complexity index is 1620. The molecule has 1 fully saturated rings. The van der Waals surface area contributed by atoms with Crippen molar-refractivity contribution < 1.29 is 18.0 Å². The van der Waals surface area contributed by atoms with E-state index in [9.17, 15) is 22.8 Å². The van der Waals surface area contributed by atoms with Crippen LogP contribution in [0.15, 0.2) is 65.6 Å². The molecule has 0 aliphatic carbocycles. The van der Waals surface area contributed by atoms with Gasteiger partial charge in [-0.2, -0.15) is 13.2 Å². The number of pyridine rings is 2. The molecule has 0 bridgehead atoms. The lowest BCUT2D eigenvalue weighted by Gasteiger charge is -2.26. The van der Waals surface area contributed by atoms with Gasteiger partial charge in [-0.1, -0.05) is 12.1 Å². The quantitative estimate of drug-likeness (QED) is 0.367. The minimum absolute atomic E-state index is 0.114. The summed E-state index contributed by atoms with van der Waals surface area (Å²) in [6.07, 6.45) is -1.98. The number of carbonyl (C=O) groups is 1. The number of rotatable bonds is 6. The molecule has 0 unspecified atom stereocenters. The van der Waals surface area contributed by atoms with E-state index in [0.717, 1.165) is 73.4 Å². The van der Waals surface area contributed by atoms with Gasteiger partial charge in [0.15, 0.2) is 0 Å². The SMILES string of the molecule is Cc1ccc(NC(=O)c2cccc(C(F)(F)F)c2)cc1-c1cc2cnc(CCN3CCNCC3)cc2n(C)c1=O. The van der Waals surface area contributed by atoms with Crippen LogP contribution in [0.5, 0.6) is 0 Å². The number of amides is 1. The van der Waals surface area contributed by atoms with E-state index >= 15 is 0 Å². The number of alkyl halides is 3. The summed E-state index contributed by atoms with van der Waals surface area (Å²) in [6.45, 7) is 6.75. The first-order chi connectivity index (χ1) is 19.1. The molecule has 2 aromatic heterocycles. The predicted octanol–water partition coefficient (Wildman–Crippen LogP) is 4.63. The number of piperazine rings is 1. The maximum absolute atomic E-state index is 13.5. The summed E-state index contributed by atoms with van der Waals surface area (Å²) < 4.78 is 40.9. The number of benzene rings is 2. The Balaban J connectivity index is 1.41.